The van der Waals surface area contributed by atoms with Crippen LogP contribution < -0.4 is 5.73 Å². The van der Waals surface area contributed by atoms with Crippen LogP contribution in [0.15, 0.2) is 6.20 Å². The van der Waals surface area contributed by atoms with Gasteiger partial charge < -0.3 is 20.3 Å². The number of morpholine rings is 1. The third-order valence-corrected chi connectivity index (χ3v) is 3.50. The van der Waals surface area contributed by atoms with Gasteiger partial charge in [0.15, 0.2) is 0 Å². The van der Waals surface area contributed by atoms with Gasteiger partial charge in [0.2, 0.25) is 5.95 Å². The molecule has 2 aliphatic rings. The molecule has 0 spiro atoms. The minimum Gasteiger partial charge on any atom is -0.378 e. The van der Waals surface area contributed by atoms with Crippen LogP contribution in [0.2, 0.25) is 0 Å². The predicted molar refractivity (Wildman–Crippen MR) is 68.3 cm³/mol. The zero-order valence-electron chi connectivity index (χ0n) is 10.7. The highest BCUT2D eigenvalue weighted by atomic mass is 16.5. The second-order valence-electron chi connectivity index (χ2n) is 4.75. The second kappa shape index (κ2) is 5.00. The molecule has 0 unspecified atom stereocenters. The van der Waals surface area contributed by atoms with E-state index in [1.54, 1.807) is 6.20 Å². The molecule has 1 fully saturated rings. The molecule has 2 aliphatic heterocycles. The number of nitrogen functional groups attached to an aromatic ring is 1. The Hall–Kier alpha value is -1.89. The average Bonchev–Trinajstić information content (AvgIpc) is 2.47. The van der Waals surface area contributed by atoms with E-state index in [1.807, 2.05) is 9.80 Å². The monoisotopic (exact) mass is 263 g/mol. The highest BCUT2D eigenvalue weighted by Crippen LogP contribution is 2.18. The average molecular weight is 263 g/mol. The summed E-state index contributed by atoms with van der Waals surface area (Å²) in [6, 6.07) is 0.0748. The molecule has 7 nitrogen and oxygen atoms in total. The van der Waals surface area contributed by atoms with Crippen molar-refractivity contribution in [3.8, 4) is 0 Å². The van der Waals surface area contributed by atoms with E-state index < -0.39 is 0 Å². The van der Waals surface area contributed by atoms with Crippen LogP contribution in [0.3, 0.4) is 0 Å². The van der Waals surface area contributed by atoms with Crippen LogP contribution in [-0.4, -0.2) is 58.6 Å². The molecule has 0 atom stereocenters. The molecular weight excluding hydrogens is 246 g/mol. The minimum absolute atomic E-state index is 0.0748. The van der Waals surface area contributed by atoms with Crippen LogP contribution in [0.4, 0.5) is 10.7 Å². The lowest BCUT2D eigenvalue weighted by Crippen LogP contribution is -2.49. The van der Waals surface area contributed by atoms with Crippen LogP contribution in [0, 0.1) is 0 Å². The number of urea groups is 1. The van der Waals surface area contributed by atoms with E-state index in [1.165, 1.54) is 0 Å². The SMILES string of the molecule is Nc1ncc2c(n1)CCN(C(=O)N1CCOCC1)C2. The van der Waals surface area contributed by atoms with Crippen molar-refractivity contribution < 1.29 is 9.53 Å². The topological polar surface area (TPSA) is 84.6 Å². The molecule has 0 bridgehead atoms. The van der Waals surface area contributed by atoms with Gasteiger partial charge >= 0.3 is 6.03 Å². The molecule has 102 valence electrons. The Morgan fingerprint density at radius 2 is 2.05 bits per heavy atom. The normalized spacial score (nSPS) is 19.2. The number of hydrogen-bond donors (Lipinski definition) is 1. The number of amides is 2. The molecule has 3 heterocycles. The molecule has 2 N–H and O–H groups in total. The fourth-order valence-electron chi connectivity index (χ4n) is 2.45. The van der Waals surface area contributed by atoms with Crippen LogP contribution in [-0.2, 0) is 17.7 Å². The molecule has 1 aromatic rings. The third-order valence-electron chi connectivity index (χ3n) is 3.50. The van der Waals surface area contributed by atoms with Crippen molar-refractivity contribution in [2.24, 2.45) is 0 Å². The number of ether oxygens (including phenoxy) is 1. The number of carbonyl (C=O) groups excluding carboxylic acids is 1. The summed E-state index contributed by atoms with van der Waals surface area (Å²) in [5, 5.41) is 0. The first-order chi connectivity index (χ1) is 9.24. The predicted octanol–water partition coefficient (Wildman–Crippen LogP) is -0.131. The number of nitrogens with zero attached hydrogens (tertiary/aromatic N) is 4. The van der Waals surface area contributed by atoms with Gasteiger partial charge in [0.05, 0.1) is 25.5 Å². The van der Waals surface area contributed by atoms with Crippen molar-refractivity contribution in [1.82, 2.24) is 19.8 Å². The quantitative estimate of drug-likeness (QED) is 0.704. The van der Waals surface area contributed by atoms with Gasteiger partial charge in [-0.05, 0) is 0 Å². The molecule has 7 heteroatoms. The molecule has 0 aromatic carbocycles. The number of hydrogen-bond acceptors (Lipinski definition) is 5. The highest BCUT2D eigenvalue weighted by Gasteiger charge is 2.26. The van der Waals surface area contributed by atoms with E-state index in [0.29, 0.717) is 45.3 Å². The maximum atomic E-state index is 12.4. The molecule has 1 saturated heterocycles. The van der Waals surface area contributed by atoms with Gasteiger partial charge in [0.25, 0.3) is 0 Å². The summed E-state index contributed by atoms with van der Waals surface area (Å²) < 4.78 is 5.26. The van der Waals surface area contributed by atoms with Gasteiger partial charge in [0, 0.05) is 37.8 Å². The van der Waals surface area contributed by atoms with Crippen molar-refractivity contribution in [2.75, 3.05) is 38.6 Å². The van der Waals surface area contributed by atoms with E-state index in [0.717, 1.165) is 17.7 Å². The Bertz CT molecular complexity index is 487. The van der Waals surface area contributed by atoms with Gasteiger partial charge in [-0.2, -0.15) is 0 Å². The summed E-state index contributed by atoms with van der Waals surface area (Å²) >= 11 is 0. The number of fused-ring (bicyclic) bond motifs is 1. The molecule has 0 saturated carbocycles. The number of carbonyl (C=O) groups is 1. The van der Waals surface area contributed by atoms with Crippen LogP contribution in [0.5, 0.6) is 0 Å². The largest absolute Gasteiger partial charge is 0.378 e. The number of anilines is 1. The smallest absolute Gasteiger partial charge is 0.320 e. The first-order valence-corrected chi connectivity index (χ1v) is 6.46. The van der Waals surface area contributed by atoms with Crippen molar-refractivity contribution in [3.05, 3.63) is 17.5 Å². The van der Waals surface area contributed by atoms with Gasteiger partial charge in [0.1, 0.15) is 0 Å². The fraction of sp³-hybridized carbons (Fsp3) is 0.583. The molecule has 0 radical (unpaired) electrons. The second-order valence-corrected chi connectivity index (χ2v) is 4.75. The van der Waals surface area contributed by atoms with Gasteiger partial charge in [-0.1, -0.05) is 0 Å². The number of aromatic nitrogens is 2. The van der Waals surface area contributed by atoms with Crippen LogP contribution in [0.25, 0.3) is 0 Å². The van der Waals surface area contributed by atoms with E-state index in [2.05, 4.69) is 9.97 Å². The first kappa shape index (κ1) is 12.2. The lowest BCUT2D eigenvalue weighted by Gasteiger charge is -2.35. The zero-order chi connectivity index (χ0) is 13.2. The summed E-state index contributed by atoms with van der Waals surface area (Å²) in [7, 11) is 0. The lowest BCUT2D eigenvalue weighted by atomic mass is 10.1. The van der Waals surface area contributed by atoms with Crippen molar-refractivity contribution >= 4 is 12.0 Å². The Balaban J connectivity index is 1.71. The Kier molecular flexibility index (Phi) is 3.20. The summed E-state index contributed by atoms with van der Waals surface area (Å²) in [4.78, 5) is 24.3. The van der Waals surface area contributed by atoms with E-state index >= 15 is 0 Å². The Morgan fingerprint density at radius 3 is 2.84 bits per heavy atom. The molecule has 0 aliphatic carbocycles. The van der Waals surface area contributed by atoms with Crippen molar-refractivity contribution in [3.63, 3.8) is 0 Å². The van der Waals surface area contributed by atoms with Gasteiger partial charge in [-0.3, -0.25) is 0 Å². The van der Waals surface area contributed by atoms with Gasteiger partial charge in [-0.15, -0.1) is 0 Å². The molecule has 3 rings (SSSR count). The molecule has 19 heavy (non-hydrogen) atoms. The minimum atomic E-state index is 0.0748. The third kappa shape index (κ3) is 2.46. The van der Waals surface area contributed by atoms with E-state index in [-0.39, 0.29) is 6.03 Å². The number of nitrogens with two attached hydrogens (primary N) is 1. The molecule has 1 aromatic heterocycles. The van der Waals surface area contributed by atoms with Crippen LogP contribution >= 0.6 is 0 Å². The molecule has 2 amide bonds. The summed E-state index contributed by atoms with van der Waals surface area (Å²) in [6.45, 7) is 3.82. The van der Waals surface area contributed by atoms with Crippen LogP contribution in [0.1, 0.15) is 11.3 Å². The molecular formula is C12H17N5O2. The van der Waals surface area contributed by atoms with Crippen molar-refractivity contribution in [1.29, 1.82) is 0 Å². The maximum absolute atomic E-state index is 12.4. The Labute approximate surface area is 111 Å². The fourth-order valence-corrected chi connectivity index (χ4v) is 2.45. The van der Waals surface area contributed by atoms with Gasteiger partial charge in [-0.25, -0.2) is 14.8 Å². The highest BCUT2D eigenvalue weighted by molar-refractivity contribution is 5.74. The summed E-state index contributed by atoms with van der Waals surface area (Å²) in [6.07, 6.45) is 2.45. The maximum Gasteiger partial charge on any atom is 0.320 e. The Morgan fingerprint density at radius 1 is 1.26 bits per heavy atom. The zero-order valence-corrected chi connectivity index (χ0v) is 10.7. The van der Waals surface area contributed by atoms with E-state index in [4.69, 9.17) is 10.5 Å². The van der Waals surface area contributed by atoms with Crippen molar-refractivity contribution in [2.45, 2.75) is 13.0 Å². The number of rotatable bonds is 0. The van der Waals surface area contributed by atoms with E-state index in [9.17, 15) is 4.79 Å². The first-order valence-electron chi connectivity index (χ1n) is 6.46. The summed E-state index contributed by atoms with van der Waals surface area (Å²) in [5.41, 5.74) is 7.51. The summed E-state index contributed by atoms with van der Waals surface area (Å²) in [5.74, 6) is 0.298. The standard InChI is InChI=1S/C12H17N5O2/c13-11-14-7-9-8-17(2-1-10(9)15-11)12(18)16-3-5-19-6-4-16/h7H,1-6,8H2,(H2,13,14,15). The lowest BCUT2D eigenvalue weighted by molar-refractivity contribution is 0.0421.